The molecule has 1 N–H and O–H groups in total. The maximum Gasteiger partial charge on any atom is 0.331 e. The summed E-state index contributed by atoms with van der Waals surface area (Å²) < 4.78 is 12.0. The van der Waals surface area contributed by atoms with E-state index in [0.717, 1.165) is 6.08 Å². The molecule has 23 heavy (non-hydrogen) atoms. The molecule has 120 valence electrons. The van der Waals surface area contributed by atoms with E-state index in [1.807, 2.05) is 0 Å². The quantitative estimate of drug-likeness (QED) is 0.631. The van der Waals surface area contributed by atoms with E-state index in [0.29, 0.717) is 16.1 Å². The molecule has 0 aliphatic heterocycles. The van der Waals surface area contributed by atoms with Crippen molar-refractivity contribution in [3.05, 3.63) is 52.7 Å². The fourth-order valence-electron chi connectivity index (χ4n) is 1.68. The first-order chi connectivity index (χ1) is 11.0. The summed E-state index contributed by atoms with van der Waals surface area (Å²) >= 11 is 3.13. The Morgan fingerprint density at radius 2 is 2.13 bits per heavy atom. The molecule has 0 atom stereocenters. The number of ether oxygens (including phenoxy) is 1. The summed E-state index contributed by atoms with van der Waals surface area (Å²) in [6.07, 6.45) is 4.20. The van der Waals surface area contributed by atoms with Crippen LogP contribution in [0.1, 0.15) is 16.2 Å². The van der Waals surface area contributed by atoms with Crippen LogP contribution in [0.3, 0.4) is 0 Å². The Bertz CT molecular complexity index is 760. The molecule has 0 unspecified atom stereocenters. The van der Waals surface area contributed by atoms with Gasteiger partial charge in [-0.25, -0.2) is 4.79 Å². The van der Waals surface area contributed by atoms with Crippen molar-refractivity contribution in [2.45, 2.75) is 0 Å². The third-order valence-corrected chi connectivity index (χ3v) is 3.18. The highest BCUT2D eigenvalue weighted by Gasteiger charge is 2.13. The average Bonchev–Trinajstić information content (AvgIpc) is 3.11. The van der Waals surface area contributed by atoms with Crippen molar-refractivity contribution < 1.29 is 23.5 Å². The van der Waals surface area contributed by atoms with Crippen LogP contribution in [0.15, 0.2) is 45.6 Å². The zero-order valence-electron chi connectivity index (χ0n) is 12.1. The van der Waals surface area contributed by atoms with Crippen molar-refractivity contribution in [3.63, 3.8) is 0 Å². The molecule has 0 aromatic carbocycles. The van der Waals surface area contributed by atoms with Crippen LogP contribution in [0.5, 0.6) is 0 Å². The number of nitrogens with zero attached hydrogens (tertiary/aromatic N) is 1. The highest BCUT2D eigenvalue weighted by molar-refractivity contribution is 9.10. The van der Waals surface area contributed by atoms with Crippen molar-refractivity contribution in [1.29, 1.82) is 0 Å². The lowest BCUT2D eigenvalue weighted by atomic mass is 10.4. The van der Waals surface area contributed by atoms with Gasteiger partial charge in [-0.3, -0.25) is 14.9 Å². The fourth-order valence-corrected chi connectivity index (χ4v) is 2.00. The Morgan fingerprint density at radius 3 is 2.74 bits per heavy atom. The summed E-state index contributed by atoms with van der Waals surface area (Å²) in [5, 5.41) is 2.13. The zero-order chi connectivity index (χ0) is 16.8. The summed E-state index contributed by atoms with van der Waals surface area (Å²) in [5.41, 5.74) is 0.327. The second-order valence-corrected chi connectivity index (χ2v) is 5.25. The molecule has 0 fully saturated rings. The number of aryl methyl sites for hydroxylation is 1. The van der Waals surface area contributed by atoms with Gasteiger partial charge in [-0.15, -0.1) is 0 Å². The smallest absolute Gasteiger partial charge is 0.331 e. The Morgan fingerprint density at radius 1 is 1.35 bits per heavy atom. The van der Waals surface area contributed by atoms with Crippen molar-refractivity contribution in [2.24, 2.45) is 7.05 Å². The standard InChI is InChI=1S/C15H13BrN2O5/c1-18-8-2-3-11(18)15(21)17-13(19)9-22-14(20)7-5-10-4-6-12(16)23-10/h2-8H,9H2,1H3,(H,17,19,21). The van der Waals surface area contributed by atoms with E-state index in [-0.39, 0.29) is 0 Å². The number of esters is 1. The molecular formula is C15H13BrN2O5. The maximum atomic E-state index is 11.8. The molecule has 0 saturated carbocycles. The van der Waals surface area contributed by atoms with E-state index >= 15 is 0 Å². The molecule has 0 bridgehead atoms. The van der Waals surface area contributed by atoms with E-state index in [2.05, 4.69) is 21.2 Å². The molecule has 0 aliphatic carbocycles. The van der Waals surface area contributed by atoms with Crippen LogP contribution in [0, 0.1) is 0 Å². The summed E-state index contributed by atoms with van der Waals surface area (Å²) in [5.74, 6) is -1.54. The number of hydrogen-bond acceptors (Lipinski definition) is 5. The van der Waals surface area contributed by atoms with Gasteiger partial charge in [0.25, 0.3) is 11.8 Å². The zero-order valence-corrected chi connectivity index (χ0v) is 13.7. The first kappa shape index (κ1) is 16.8. The van der Waals surface area contributed by atoms with Crippen molar-refractivity contribution in [2.75, 3.05) is 6.61 Å². The van der Waals surface area contributed by atoms with Crippen molar-refractivity contribution >= 4 is 39.8 Å². The molecule has 2 aromatic rings. The maximum absolute atomic E-state index is 11.8. The third kappa shape index (κ3) is 4.96. The summed E-state index contributed by atoms with van der Waals surface area (Å²) in [7, 11) is 1.68. The number of imide groups is 1. The first-order valence-electron chi connectivity index (χ1n) is 6.51. The normalized spacial score (nSPS) is 10.7. The lowest BCUT2D eigenvalue weighted by Crippen LogP contribution is -2.34. The lowest BCUT2D eigenvalue weighted by Gasteiger charge is -2.05. The van der Waals surface area contributed by atoms with Gasteiger partial charge in [-0.05, 0) is 46.3 Å². The number of carbonyl (C=O) groups is 3. The Hall–Kier alpha value is -2.61. The number of amides is 2. The number of hydrogen-bond donors (Lipinski definition) is 1. The van der Waals surface area contributed by atoms with Crippen LogP contribution >= 0.6 is 15.9 Å². The minimum absolute atomic E-state index is 0.327. The van der Waals surface area contributed by atoms with E-state index in [4.69, 9.17) is 9.15 Å². The van der Waals surface area contributed by atoms with E-state index < -0.39 is 24.4 Å². The lowest BCUT2D eigenvalue weighted by molar-refractivity contribution is -0.143. The number of halogens is 1. The molecule has 0 saturated heterocycles. The summed E-state index contributed by atoms with van der Waals surface area (Å²) in [6, 6.07) is 6.57. The predicted octanol–water partition coefficient (Wildman–Crippen LogP) is 1.89. The Labute approximate surface area is 140 Å². The highest BCUT2D eigenvalue weighted by atomic mass is 79.9. The molecule has 0 spiro atoms. The minimum Gasteiger partial charge on any atom is -0.452 e. The van der Waals surface area contributed by atoms with Gasteiger partial charge >= 0.3 is 5.97 Å². The van der Waals surface area contributed by atoms with Gasteiger partial charge in [0.05, 0.1) is 0 Å². The molecular weight excluding hydrogens is 368 g/mol. The topological polar surface area (TPSA) is 90.5 Å². The van der Waals surface area contributed by atoms with Gasteiger partial charge in [0.1, 0.15) is 11.5 Å². The number of rotatable bonds is 5. The van der Waals surface area contributed by atoms with Crippen molar-refractivity contribution in [1.82, 2.24) is 9.88 Å². The average molecular weight is 381 g/mol. The first-order valence-corrected chi connectivity index (χ1v) is 7.30. The van der Waals surface area contributed by atoms with Gasteiger partial charge in [0.15, 0.2) is 11.3 Å². The number of nitrogens with one attached hydrogen (secondary N) is 1. The third-order valence-electron chi connectivity index (χ3n) is 2.75. The van der Waals surface area contributed by atoms with Crippen LogP contribution in [-0.4, -0.2) is 29.0 Å². The molecule has 2 amide bonds. The largest absolute Gasteiger partial charge is 0.452 e. The number of furan rings is 1. The predicted molar refractivity (Wildman–Crippen MR) is 84.3 cm³/mol. The van der Waals surface area contributed by atoms with Gasteiger partial charge in [-0.2, -0.15) is 0 Å². The van der Waals surface area contributed by atoms with Gasteiger partial charge in [-0.1, -0.05) is 0 Å². The Balaban J connectivity index is 1.78. The minimum atomic E-state index is -0.723. The molecule has 7 nitrogen and oxygen atoms in total. The molecule has 0 aliphatic rings. The van der Waals surface area contributed by atoms with Gasteiger partial charge in [0, 0.05) is 19.3 Å². The Kier molecular flexibility index (Phi) is 5.53. The van der Waals surface area contributed by atoms with Gasteiger partial charge < -0.3 is 13.7 Å². The van der Waals surface area contributed by atoms with Crippen LogP contribution in [-0.2, 0) is 21.4 Å². The van der Waals surface area contributed by atoms with Crippen LogP contribution in [0.4, 0.5) is 0 Å². The molecule has 2 aromatic heterocycles. The van der Waals surface area contributed by atoms with Crippen LogP contribution in [0.25, 0.3) is 6.08 Å². The SMILES string of the molecule is Cn1cccc1C(=O)NC(=O)COC(=O)C=Cc1ccc(Br)o1. The van der Waals surface area contributed by atoms with Gasteiger partial charge in [0.2, 0.25) is 0 Å². The monoisotopic (exact) mass is 380 g/mol. The van der Waals surface area contributed by atoms with E-state index in [9.17, 15) is 14.4 Å². The summed E-state index contributed by atoms with van der Waals surface area (Å²) in [4.78, 5) is 34.8. The second-order valence-electron chi connectivity index (χ2n) is 4.46. The highest BCUT2D eigenvalue weighted by Crippen LogP contribution is 2.14. The van der Waals surface area contributed by atoms with Crippen molar-refractivity contribution in [3.8, 4) is 0 Å². The molecule has 8 heteroatoms. The molecule has 2 heterocycles. The second kappa shape index (κ2) is 7.59. The molecule has 0 radical (unpaired) electrons. The fraction of sp³-hybridized carbons (Fsp3) is 0.133. The number of aromatic nitrogens is 1. The van der Waals surface area contributed by atoms with Crippen LogP contribution < -0.4 is 5.32 Å². The molecule has 2 rings (SSSR count). The van der Waals surface area contributed by atoms with E-state index in [1.54, 1.807) is 42.1 Å². The van der Waals surface area contributed by atoms with E-state index in [1.165, 1.54) is 6.08 Å². The van der Waals surface area contributed by atoms with Crippen LogP contribution in [0.2, 0.25) is 0 Å². The summed E-state index contributed by atoms with van der Waals surface area (Å²) in [6.45, 7) is -0.554. The number of carbonyl (C=O) groups excluding carboxylic acids is 3.